The first-order valence-corrected chi connectivity index (χ1v) is 6.77. The predicted octanol–water partition coefficient (Wildman–Crippen LogP) is 2.38. The highest BCUT2D eigenvalue weighted by atomic mass is 16.1. The zero-order chi connectivity index (χ0) is 13.0. The fraction of sp³-hybridized carbons (Fsp3) is 0.533. The van der Waals surface area contributed by atoms with Crippen LogP contribution in [-0.4, -0.2) is 11.9 Å². The number of hydrogen-bond acceptors (Lipinski definition) is 2. The van der Waals surface area contributed by atoms with E-state index < -0.39 is 0 Å². The minimum atomic E-state index is 0.0781. The third kappa shape index (κ3) is 3.33. The summed E-state index contributed by atoms with van der Waals surface area (Å²) in [6.45, 7) is 2.03. The molecule has 0 saturated heterocycles. The summed E-state index contributed by atoms with van der Waals surface area (Å²) in [7, 11) is 0. The number of rotatable bonds is 3. The molecule has 1 atom stereocenters. The maximum absolute atomic E-state index is 12.1. The lowest BCUT2D eigenvalue weighted by Crippen LogP contribution is -2.37. The van der Waals surface area contributed by atoms with E-state index in [4.69, 9.17) is 5.73 Å². The van der Waals surface area contributed by atoms with Gasteiger partial charge in [-0.05, 0) is 38.2 Å². The Bertz CT molecular complexity index is 383. The second-order valence-corrected chi connectivity index (χ2v) is 5.25. The van der Waals surface area contributed by atoms with Crippen molar-refractivity contribution >= 4 is 5.91 Å². The molecule has 1 amide bonds. The summed E-state index contributed by atoms with van der Waals surface area (Å²) in [4.78, 5) is 12.1. The van der Waals surface area contributed by atoms with E-state index in [9.17, 15) is 4.79 Å². The largest absolute Gasteiger partial charge is 0.349 e. The molecule has 3 nitrogen and oxygen atoms in total. The van der Waals surface area contributed by atoms with Gasteiger partial charge in [-0.1, -0.05) is 30.3 Å². The number of nitrogens with one attached hydrogen (secondary N) is 1. The quantitative estimate of drug-likeness (QED) is 0.860. The molecule has 0 radical (unpaired) electrons. The van der Waals surface area contributed by atoms with Crippen molar-refractivity contribution in [1.82, 2.24) is 5.32 Å². The molecule has 1 aromatic rings. The third-order valence-electron chi connectivity index (χ3n) is 3.80. The Balaban J connectivity index is 1.87. The van der Waals surface area contributed by atoms with Crippen LogP contribution in [0.15, 0.2) is 30.3 Å². The van der Waals surface area contributed by atoms with E-state index in [-0.39, 0.29) is 17.9 Å². The molecule has 3 heteroatoms. The van der Waals surface area contributed by atoms with Crippen LogP contribution in [0.1, 0.15) is 44.2 Å². The molecular weight excluding hydrogens is 224 g/mol. The van der Waals surface area contributed by atoms with Gasteiger partial charge < -0.3 is 11.1 Å². The smallest absolute Gasteiger partial charge is 0.223 e. The van der Waals surface area contributed by atoms with Crippen molar-refractivity contribution in [3.8, 4) is 0 Å². The van der Waals surface area contributed by atoms with Crippen molar-refractivity contribution in [2.75, 3.05) is 0 Å². The van der Waals surface area contributed by atoms with Gasteiger partial charge in [0.15, 0.2) is 0 Å². The Kier molecular flexibility index (Phi) is 4.37. The second-order valence-electron chi connectivity index (χ2n) is 5.25. The van der Waals surface area contributed by atoms with Crippen molar-refractivity contribution in [3.05, 3.63) is 35.9 Å². The molecule has 98 valence electrons. The van der Waals surface area contributed by atoms with Gasteiger partial charge in [0.05, 0.1) is 6.04 Å². The van der Waals surface area contributed by atoms with E-state index in [2.05, 4.69) is 5.32 Å². The van der Waals surface area contributed by atoms with Crippen molar-refractivity contribution in [2.24, 2.45) is 11.7 Å². The highest BCUT2D eigenvalue weighted by molar-refractivity contribution is 5.79. The molecule has 0 spiro atoms. The molecule has 0 aromatic heterocycles. The fourth-order valence-electron chi connectivity index (χ4n) is 2.54. The van der Waals surface area contributed by atoms with E-state index in [1.165, 1.54) is 0 Å². The molecule has 1 fully saturated rings. The summed E-state index contributed by atoms with van der Waals surface area (Å²) in [6.07, 6.45) is 3.79. The highest BCUT2D eigenvalue weighted by Gasteiger charge is 2.25. The van der Waals surface area contributed by atoms with Gasteiger partial charge in [0.25, 0.3) is 0 Å². The van der Waals surface area contributed by atoms with E-state index in [1.807, 2.05) is 37.3 Å². The van der Waals surface area contributed by atoms with Crippen LogP contribution in [0.4, 0.5) is 0 Å². The van der Waals surface area contributed by atoms with Gasteiger partial charge in [-0.25, -0.2) is 0 Å². The van der Waals surface area contributed by atoms with E-state index in [0.717, 1.165) is 31.2 Å². The molecule has 2 rings (SSSR count). The maximum atomic E-state index is 12.1. The maximum Gasteiger partial charge on any atom is 0.223 e. The Morgan fingerprint density at radius 3 is 2.44 bits per heavy atom. The second kappa shape index (κ2) is 6.01. The van der Waals surface area contributed by atoms with Gasteiger partial charge in [0.1, 0.15) is 0 Å². The zero-order valence-electron chi connectivity index (χ0n) is 10.9. The summed E-state index contributed by atoms with van der Waals surface area (Å²) in [5, 5.41) is 3.10. The van der Waals surface area contributed by atoms with E-state index >= 15 is 0 Å². The first-order chi connectivity index (χ1) is 8.66. The first kappa shape index (κ1) is 13.1. The van der Waals surface area contributed by atoms with Crippen LogP contribution in [-0.2, 0) is 4.79 Å². The van der Waals surface area contributed by atoms with Crippen LogP contribution in [0.2, 0.25) is 0 Å². The Morgan fingerprint density at radius 2 is 1.83 bits per heavy atom. The van der Waals surface area contributed by atoms with Gasteiger partial charge in [-0.3, -0.25) is 4.79 Å². The Hall–Kier alpha value is -1.35. The van der Waals surface area contributed by atoms with Gasteiger partial charge in [-0.2, -0.15) is 0 Å². The summed E-state index contributed by atoms with van der Waals surface area (Å²) < 4.78 is 0. The minimum absolute atomic E-state index is 0.0781. The van der Waals surface area contributed by atoms with Crippen molar-refractivity contribution < 1.29 is 4.79 Å². The molecule has 0 bridgehead atoms. The minimum Gasteiger partial charge on any atom is -0.349 e. The zero-order valence-corrected chi connectivity index (χ0v) is 10.9. The van der Waals surface area contributed by atoms with Crippen molar-refractivity contribution in [3.63, 3.8) is 0 Å². The van der Waals surface area contributed by atoms with Gasteiger partial charge in [0.2, 0.25) is 5.91 Å². The molecule has 3 N–H and O–H groups in total. The SMILES string of the molecule is C[C@@H](NC(=O)C1CCC(N)CC1)c1ccccc1. The molecular formula is C15H22N2O. The summed E-state index contributed by atoms with van der Waals surface area (Å²) in [5.74, 6) is 0.328. The number of amides is 1. The van der Waals surface area contributed by atoms with Crippen LogP contribution in [0.3, 0.4) is 0 Å². The number of hydrogen-bond donors (Lipinski definition) is 2. The molecule has 0 aliphatic heterocycles. The number of nitrogens with two attached hydrogens (primary N) is 1. The lowest BCUT2D eigenvalue weighted by molar-refractivity contribution is -0.126. The average Bonchev–Trinajstić information content (AvgIpc) is 2.40. The molecule has 0 unspecified atom stereocenters. The molecule has 1 aliphatic rings. The predicted molar refractivity (Wildman–Crippen MR) is 72.9 cm³/mol. The standard InChI is InChI=1S/C15H22N2O/c1-11(12-5-3-2-4-6-12)17-15(18)13-7-9-14(16)10-8-13/h2-6,11,13-14H,7-10,16H2,1H3,(H,17,18)/t11-,13?,14?/m1/s1. The number of carbonyl (C=O) groups is 1. The summed E-state index contributed by atoms with van der Waals surface area (Å²) >= 11 is 0. The molecule has 1 aromatic carbocycles. The van der Waals surface area contributed by atoms with Crippen LogP contribution in [0.5, 0.6) is 0 Å². The fourth-order valence-corrected chi connectivity index (χ4v) is 2.54. The van der Waals surface area contributed by atoms with Crippen LogP contribution >= 0.6 is 0 Å². The van der Waals surface area contributed by atoms with Gasteiger partial charge in [0, 0.05) is 12.0 Å². The average molecular weight is 246 g/mol. The first-order valence-electron chi connectivity index (χ1n) is 6.77. The van der Waals surface area contributed by atoms with Crippen LogP contribution in [0, 0.1) is 5.92 Å². The van der Waals surface area contributed by atoms with Crippen molar-refractivity contribution in [1.29, 1.82) is 0 Å². The Morgan fingerprint density at radius 1 is 1.22 bits per heavy atom. The summed E-state index contributed by atoms with van der Waals surface area (Å²) in [5.41, 5.74) is 7.01. The monoisotopic (exact) mass is 246 g/mol. The molecule has 1 aliphatic carbocycles. The molecule has 18 heavy (non-hydrogen) atoms. The molecule has 0 heterocycles. The van der Waals surface area contributed by atoms with Crippen LogP contribution < -0.4 is 11.1 Å². The topological polar surface area (TPSA) is 55.1 Å². The Labute approximate surface area is 109 Å². The normalized spacial score (nSPS) is 25.4. The summed E-state index contributed by atoms with van der Waals surface area (Å²) in [6, 6.07) is 10.4. The van der Waals surface area contributed by atoms with Gasteiger partial charge in [-0.15, -0.1) is 0 Å². The highest BCUT2D eigenvalue weighted by Crippen LogP contribution is 2.24. The third-order valence-corrected chi connectivity index (χ3v) is 3.80. The van der Waals surface area contributed by atoms with Crippen LogP contribution in [0.25, 0.3) is 0 Å². The lowest BCUT2D eigenvalue weighted by atomic mass is 9.85. The number of benzene rings is 1. The van der Waals surface area contributed by atoms with Crippen molar-refractivity contribution in [2.45, 2.75) is 44.7 Å². The lowest BCUT2D eigenvalue weighted by Gasteiger charge is -2.26. The van der Waals surface area contributed by atoms with E-state index in [0.29, 0.717) is 6.04 Å². The van der Waals surface area contributed by atoms with Gasteiger partial charge >= 0.3 is 0 Å². The number of carbonyl (C=O) groups excluding carboxylic acids is 1. The van der Waals surface area contributed by atoms with E-state index in [1.54, 1.807) is 0 Å². The molecule has 1 saturated carbocycles.